The second kappa shape index (κ2) is 16.7. The van der Waals surface area contributed by atoms with Gasteiger partial charge in [0, 0.05) is 0 Å². The molecule has 0 aliphatic carbocycles. The molecule has 0 aliphatic rings. The van der Waals surface area contributed by atoms with Crippen LogP contribution in [0.3, 0.4) is 0 Å². The van der Waals surface area contributed by atoms with Gasteiger partial charge in [-0.25, -0.2) is 0 Å². The number of nitrogens with zero attached hydrogens (tertiary/aromatic N) is 1. The van der Waals surface area contributed by atoms with Gasteiger partial charge in [-0.3, -0.25) is 6.58 Å². The molecule has 0 saturated carbocycles. The maximum Gasteiger partial charge on any atom is 1.00 e. The van der Waals surface area contributed by atoms with Crippen LogP contribution in [0.5, 0.6) is 0 Å². The first-order chi connectivity index (χ1) is 8.14. The molecule has 0 amide bonds. The zero-order valence-electron chi connectivity index (χ0n) is 16.0. The van der Waals surface area contributed by atoms with Crippen molar-refractivity contribution in [2.75, 3.05) is 20.1 Å². The van der Waals surface area contributed by atoms with Crippen LogP contribution in [0.15, 0.2) is 6.58 Å². The quantitative estimate of drug-likeness (QED) is 0.538. The van der Waals surface area contributed by atoms with Gasteiger partial charge in [-0.05, 0) is 19.0 Å². The molecule has 1 nitrogen and oxygen atoms in total. The summed E-state index contributed by atoms with van der Waals surface area (Å²) in [4.78, 5) is 2.36. The minimum absolute atomic E-state index is 0. The summed E-state index contributed by atoms with van der Waals surface area (Å²) in [6, 6.07) is 0. The summed E-state index contributed by atoms with van der Waals surface area (Å²) in [5.41, 5.74) is 0.427. The van der Waals surface area contributed by atoms with Crippen molar-refractivity contribution in [3.8, 4) is 0 Å². The molecule has 1 unspecified atom stereocenters. The van der Waals surface area contributed by atoms with Gasteiger partial charge in [0.1, 0.15) is 0 Å². The first-order valence-corrected chi connectivity index (χ1v) is 7.16. The third-order valence-electron chi connectivity index (χ3n) is 2.80. The minimum atomic E-state index is 0. The molecule has 2 heteroatoms. The van der Waals surface area contributed by atoms with E-state index < -0.39 is 0 Å². The van der Waals surface area contributed by atoms with Gasteiger partial charge in [0.05, 0.1) is 0 Å². The zero-order chi connectivity index (χ0) is 14.8. The van der Waals surface area contributed by atoms with Crippen molar-refractivity contribution in [3.05, 3.63) is 26.5 Å². The van der Waals surface area contributed by atoms with Crippen molar-refractivity contribution in [3.63, 3.8) is 0 Å². The molecule has 118 valence electrons. The molecule has 0 bridgehead atoms. The predicted molar refractivity (Wildman–Crippen MR) is 90.8 cm³/mol. The number of allylic oxidation sites excluding steroid dienone is 1. The van der Waals surface area contributed by atoms with Crippen molar-refractivity contribution in [1.82, 2.24) is 4.90 Å². The van der Waals surface area contributed by atoms with E-state index in [1.807, 2.05) is 0 Å². The molecular formula is C18H38KN-2. The first kappa shape index (κ1) is 29.4. The van der Waals surface area contributed by atoms with Crippen molar-refractivity contribution < 1.29 is 51.4 Å². The molecule has 0 N–H and O–H groups in total. The van der Waals surface area contributed by atoms with Gasteiger partial charge < -0.3 is 24.8 Å². The molecule has 0 spiro atoms. The van der Waals surface area contributed by atoms with E-state index in [0.29, 0.717) is 17.3 Å². The Balaban J connectivity index is -0.000000126. The topological polar surface area (TPSA) is 3.24 Å². The predicted octanol–water partition coefficient (Wildman–Crippen LogP) is 2.30. The van der Waals surface area contributed by atoms with Crippen LogP contribution in [-0.2, 0) is 0 Å². The second-order valence-corrected chi connectivity index (χ2v) is 6.69. The molecule has 0 radical (unpaired) electrons. The van der Waals surface area contributed by atoms with Crippen molar-refractivity contribution in [2.45, 2.75) is 54.9 Å². The first-order valence-electron chi connectivity index (χ1n) is 7.16. The summed E-state index contributed by atoms with van der Waals surface area (Å²) in [5, 5.41) is 0. The van der Waals surface area contributed by atoms with Crippen LogP contribution in [0.1, 0.15) is 54.9 Å². The Hall–Kier alpha value is 1.34. The minimum Gasteiger partial charge on any atom is -0.501 e. The molecule has 0 heterocycles. The Morgan fingerprint density at radius 1 is 1.20 bits per heavy atom. The molecule has 0 fully saturated rings. The summed E-state index contributed by atoms with van der Waals surface area (Å²) in [6.45, 7) is 21.3. The van der Waals surface area contributed by atoms with E-state index in [9.17, 15) is 0 Å². The molecule has 1 atom stereocenters. The van der Waals surface area contributed by atoms with E-state index in [1.54, 1.807) is 0 Å². The molecule has 0 aromatic heterocycles. The number of unbranched alkanes of at least 4 members (excludes halogenated alkanes) is 1. The Morgan fingerprint density at radius 2 is 1.65 bits per heavy atom. The van der Waals surface area contributed by atoms with Crippen LogP contribution in [-0.4, -0.2) is 25.0 Å². The van der Waals surface area contributed by atoms with E-state index in [2.05, 4.69) is 79.5 Å². The normalized spacial score (nSPS) is 11.9. The number of hydrogen-bond acceptors (Lipinski definition) is 1. The molecule has 0 aliphatic heterocycles. The van der Waals surface area contributed by atoms with Crippen LogP contribution in [0, 0.1) is 37.2 Å². The fourth-order valence-electron chi connectivity index (χ4n) is 1.46. The van der Waals surface area contributed by atoms with Gasteiger partial charge in [0.2, 0.25) is 0 Å². The largest absolute Gasteiger partial charge is 1.00 e. The van der Waals surface area contributed by atoms with Gasteiger partial charge >= 0.3 is 51.4 Å². The van der Waals surface area contributed by atoms with E-state index in [1.165, 1.54) is 13.0 Å². The summed E-state index contributed by atoms with van der Waals surface area (Å²) in [6.07, 6.45) is 6.40. The Morgan fingerprint density at radius 3 is 1.85 bits per heavy atom. The summed E-state index contributed by atoms with van der Waals surface area (Å²) in [5.74, 6) is 1.23. The van der Waals surface area contributed by atoms with Crippen molar-refractivity contribution in [1.29, 1.82) is 0 Å². The molecule has 20 heavy (non-hydrogen) atoms. The van der Waals surface area contributed by atoms with Gasteiger partial charge in [-0.15, -0.1) is 6.54 Å². The summed E-state index contributed by atoms with van der Waals surface area (Å²) >= 11 is 0. The van der Waals surface area contributed by atoms with Gasteiger partial charge in [-0.1, -0.05) is 54.4 Å². The van der Waals surface area contributed by atoms with E-state index >= 15 is 0 Å². The fraction of sp³-hybridized carbons (Fsp3) is 0.778. The SMILES string of the molecule is C=[C-]C(C)C(C)C.CC[CH-]CN(C)CC(C)(C)C.[CH3-].[K+]. The Labute approximate surface area is 173 Å². The molecule has 0 aromatic rings. The van der Waals surface area contributed by atoms with E-state index in [0.717, 1.165) is 6.54 Å². The number of hydrogen-bond donors (Lipinski definition) is 0. The average molecular weight is 308 g/mol. The fourth-order valence-corrected chi connectivity index (χ4v) is 1.46. The zero-order valence-corrected chi connectivity index (χ0v) is 19.1. The Bertz CT molecular complexity index is 194. The maximum atomic E-state index is 3.56. The van der Waals surface area contributed by atoms with Crippen LogP contribution in [0.25, 0.3) is 0 Å². The van der Waals surface area contributed by atoms with Gasteiger partial charge in [0.25, 0.3) is 0 Å². The van der Waals surface area contributed by atoms with Crippen LogP contribution >= 0.6 is 0 Å². The monoisotopic (exact) mass is 307 g/mol. The van der Waals surface area contributed by atoms with E-state index in [4.69, 9.17) is 0 Å². The smallest absolute Gasteiger partial charge is 0.501 e. The van der Waals surface area contributed by atoms with Gasteiger partial charge in [0.15, 0.2) is 0 Å². The standard InChI is InChI=1S/C10H22N.C7H13.CH3.K/c1-6-7-8-11(5)9-10(2,3)4;1-5-7(4)6(2)3;;/h7H,6,8-9H2,1-5H3;6-7H,1H2,2-4H3;1H3;/q3*-1;+1. The summed E-state index contributed by atoms with van der Waals surface area (Å²) < 4.78 is 0. The van der Waals surface area contributed by atoms with Crippen molar-refractivity contribution >= 4 is 0 Å². The van der Waals surface area contributed by atoms with Crippen LogP contribution < -0.4 is 51.4 Å². The van der Waals surface area contributed by atoms with Gasteiger partial charge in [-0.2, -0.15) is 12.3 Å². The van der Waals surface area contributed by atoms with E-state index in [-0.39, 0.29) is 58.8 Å². The summed E-state index contributed by atoms with van der Waals surface area (Å²) in [7, 11) is 2.18. The third-order valence-corrected chi connectivity index (χ3v) is 2.80. The van der Waals surface area contributed by atoms with Crippen LogP contribution in [0.2, 0.25) is 0 Å². The second-order valence-electron chi connectivity index (χ2n) is 6.69. The molecule has 0 saturated heterocycles. The third kappa shape index (κ3) is 24.4. The maximum absolute atomic E-state index is 3.56. The van der Waals surface area contributed by atoms with Crippen LogP contribution in [0.4, 0.5) is 0 Å². The number of rotatable bonds is 6. The molecular weight excluding hydrogens is 269 g/mol. The molecule has 0 aromatic carbocycles. The Kier molecular flexibility index (Phi) is 24.5. The van der Waals surface area contributed by atoms with Crippen molar-refractivity contribution in [2.24, 2.45) is 17.3 Å². The molecule has 0 rings (SSSR count). The average Bonchev–Trinajstić information content (AvgIpc) is 2.23.